The molecule has 228 valence electrons. The highest BCUT2D eigenvalue weighted by Crippen LogP contribution is 2.33. The van der Waals surface area contributed by atoms with Crippen LogP contribution in [0.5, 0.6) is 5.75 Å². The Bertz CT molecular complexity index is 1640. The van der Waals surface area contributed by atoms with Crippen molar-refractivity contribution in [2.45, 2.75) is 50.6 Å². The first-order valence-corrected chi connectivity index (χ1v) is 15.2. The molecule has 6 rings (SSSR count). The SMILES string of the molecule is C=CC[C@@H]1CC(=O)N2[C@H](CN(Cc3cccc4scnc34)C(=O)[C@@H]2Cc2ccc(O)cc2)N1C(=O)NCc1ccccc1.S. The topological polar surface area (TPSA) is 106 Å². The summed E-state index contributed by atoms with van der Waals surface area (Å²) in [6.07, 6.45) is 1.86. The normalized spacial score (nSPS) is 19.8. The molecule has 0 radical (unpaired) electrons. The third-order valence-electron chi connectivity index (χ3n) is 8.18. The number of phenols is 1. The number of aromatic nitrogens is 1. The first-order chi connectivity index (χ1) is 20.9. The average molecular weight is 630 g/mol. The molecule has 2 fully saturated rings. The zero-order valence-electron chi connectivity index (χ0n) is 24.1. The van der Waals surface area contributed by atoms with Crippen molar-refractivity contribution >= 4 is 52.9 Å². The fraction of sp³-hybridized carbons (Fsp3) is 0.273. The standard InChI is InChI=1S/C33H33N5O4S.H2S/c1-2-7-25-17-30(40)38-27(16-22-12-14-26(39)15-13-22)32(41)36(19-24-10-6-11-28-31(24)35-21-43-28)20-29(38)37(25)33(42)34-18-23-8-4-3-5-9-23;/h2-6,8-15,21,25,27,29,39H,1,7,16-20H2,(H,34,42);1H2/t25-,27+,29-;/m1./s1. The number of rotatable bonds is 8. The minimum Gasteiger partial charge on any atom is -0.508 e. The van der Waals surface area contributed by atoms with Crippen molar-refractivity contribution < 1.29 is 19.5 Å². The molecule has 2 aliphatic rings. The van der Waals surface area contributed by atoms with Crippen LogP contribution in [0.15, 0.2) is 91.0 Å². The number of nitrogens with zero attached hydrogens (tertiary/aromatic N) is 4. The molecule has 44 heavy (non-hydrogen) atoms. The Hall–Kier alpha value is -4.35. The number of nitrogens with one attached hydrogen (secondary N) is 1. The van der Waals surface area contributed by atoms with E-state index in [1.54, 1.807) is 61.9 Å². The molecule has 4 aromatic rings. The van der Waals surface area contributed by atoms with Crippen molar-refractivity contribution in [3.8, 4) is 5.75 Å². The third-order valence-corrected chi connectivity index (χ3v) is 8.97. The minimum atomic E-state index is -0.820. The van der Waals surface area contributed by atoms with Gasteiger partial charge in [0.15, 0.2) is 0 Å². The maximum atomic E-state index is 14.2. The number of carbonyl (C=O) groups is 3. The first-order valence-electron chi connectivity index (χ1n) is 14.3. The van der Waals surface area contributed by atoms with Crippen molar-refractivity contribution in [2.24, 2.45) is 0 Å². The van der Waals surface area contributed by atoms with E-state index in [9.17, 15) is 19.5 Å². The lowest BCUT2D eigenvalue weighted by molar-refractivity contribution is -0.170. The van der Waals surface area contributed by atoms with Crippen LogP contribution in [0.2, 0.25) is 0 Å². The molecule has 2 saturated heterocycles. The molecule has 0 saturated carbocycles. The predicted octanol–water partition coefficient (Wildman–Crippen LogP) is 4.78. The number of urea groups is 1. The predicted molar refractivity (Wildman–Crippen MR) is 175 cm³/mol. The molecule has 0 spiro atoms. The van der Waals surface area contributed by atoms with Gasteiger partial charge in [0.25, 0.3) is 0 Å². The van der Waals surface area contributed by atoms with Crippen molar-refractivity contribution in [1.82, 2.24) is 25.0 Å². The van der Waals surface area contributed by atoms with E-state index in [0.717, 1.165) is 26.9 Å². The fourth-order valence-corrected chi connectivity index (χ4v) is 6.86. The zero-order valence-corrected chi connectivity index (χ0v) is 26.0. The maximum absolute atomic E-state index is 14.2. The fourth-order valence-electron chi connectivity index (χ4n) is 6.14. The smallest absolute Gasteiger partial charge is 0.319 e. The van der Waals surface area contributed by atoms with Gasteiger partial charge in [0.1, 0.15) is 18.0 Å². The van der Waals surface area contributed by atoms with Crippen LogP contribution >= 0.6 is 24.8 Å². The Morgan fingerprint density at radius 2 is 1.82 bits per heavy atom. The molecule has 11 heteroatoms. The van der Waals surface area contributed by atoms with Crippen LogP contribution in [-0.2, 0) is 29.1 Å². The van der Waals surface area contributed by atoms with Crippen LogP contribution in [0.25, 0.3) is 10.2 Å². The van der Waals surface area contributed by atoms with Gasteiger partial charge in [0, 0.05) is 32.0 Å². The van der Waals surface area contributed by atoms with Gasteiger partial charge in [0.05, 0.1) is 22.3 Å². The summed E-state index contributed by atoms with van der Waals surface area (Å²) in [6.45, 7) is 4.69. The summed E-state index contributed by atoms with van der Waals surface area (Å²) >= 11 is 1.54. The summed E-state index contributed by atoms with van der Waals surface area (Å²) < 4.78 is 1.03. The summed E-state index contributed by atoms with van der Waals surface area (Å²) in [5, 5.41) is 12.9. The van der Waals surface area contributed by atoms with E-state index in [1.807, 2.05) is 48.5 Å². The molecule has 1 aromatic heterocycles. The summed E-state index contributed by atoms with van der Waals surface area (Å²) in [5.74, 6) is -0.226. The van der Waals surface area contributed by atoms with Gasteiger partial charge in [-0.25, -0.2) is 9.78 Å². The molecule has 3 atom stereocenters. The van der Waals surface area contributed by atoms with E-state index in [4.69, 9.17) is 0 Å². The number of para-hydroxylation sites is 1. The number of amides is 4. The quantitative estimate of drug-likeness (QED) is 0.273. The second-order valence-corrected chi connectivity index (χ2v) is 11.8. The molecule has 4 amide bonds. The summed E-state index contributed by atoms with van der Waals surface area (Å²) in [5.41, 5.74) is 5.32. The number of aromatic hydroxyl groups is 1. The van der Waals surface area contributed by atoms with Crippen LogP contribution in [0.3, 0.4) is 0 Å². The van der Waals surface area contributed by atoms with Gasteiger partial charge < -0.3 is 20.2 Å². The van der Waals surface area contributed by atoms with Crippen molar-refractivity contribution in [3.05, 3.63) is 108 Å². The van der Waals surface area contributed by atoms with E-state index in [2.05, 4.69) is 16.9 Å². The molecular weight excluding hydrogens is 595 g/mol. The van der Waals surface area contributed by atoms with E-state index < -0.39 is 18.2 Å². The number of phenolic OH excluding ortho intramolecular Hbond substituents is 1. The molecule has 0 unspecified atom stereocenters. The monoisotopic (exact) mass is 629 g/mol. The Balaban J connectivity index is 0.00000384. The van der Waals surface area contributed by atoms with Gasteiger partial charge in [-0.1, -0.05) is 60.7 Å². The summed E-state index contributed by atoms with van der Waals surface area (Å²) in [4.78, 5) is 51.5. The van der Waals surface area contributed by atoms with Gasteiger partial charge in [0.2, 0.25) is 11.8 Å². The molecule has 0 aliphatic carbocycles. The van der Waals surface area contributed by atoms with Gasteiger partial charge in [-0.05, 0) is 41.3 Å². The molecule has 9 nitrogen and oxygen atoms in total. The van der Waals surface area contributed by atoms with Crippen molar-refractivity contribution in [3.63, 3.8) is 0 Å². The molecule has 3 aromatic carbocycles. The Morgan fingerprint density at radius 3 is 2.57 bits per heavy atom. The largest absolute Gasteiger partial charge is 0.508 e. The number of benzene rings is 3. The van der Waals surface area contributed by atoms with Crippen LogP contribution in [0, 0.1) is 0 Å². The van der Waals surface area contributed by atoms with E-state index in [-0.39, 0.29) is 56.5 Å². The van der Waals surface area contributed by atoms with Crippen LogP contribution < -0.4 is 5.32 Å². The lowest BCUT2D eigenvalue weighted by Crippen LogP contribution is -2.74. The number of carbonyl (C=O) groups excluding carboxylic acids is 3. The van der Waals surface area contributed by atoms with E-state index in [1.165, 1.54) is 0 Å². The highest BCUT2D eigenvalue weighted by Gasteiger charge is 2.51. The zero-order chi connectivity index (χ0) is 29.9. The first kappa shape index (κ1) is 31.1. The lowest BCUT2D eigenvalue weighted by atomic mass is 9.94. The van der Waals surface area contributed by atoms with Crippen LogP contribution in [0.1, 0.15) is 29.5 Å². The Labute approximate surface area is 267 Å². The van der Waals surface area contributed by atoms with E-state index in [0.29, 0.717) is 19.5 Å². The summed E-state index contributed by atoms with van der Waals surface area (Å²) in [6, 6.07) is 20.7. The second-order valence-electron chi connectivity index (χ2n) is 10.9. The highest BCUT2D eigenvalue weighted by atomic mass is 32.1. The molecule has 2 aliphatic heterocycles. The molecular formula is C33H35N5O4S2. The van der Waals surface area contributed by atoms with Crippen molar-refractivity contribution in [1.29, 1.82) is 0 Å². The molecule has 2 N–H and O–H groups in total. The highest BCUT2D eigenvalue weighted by molar-refractivity contribution is 7.59. The van der Waals surface area contributed by atoms with Gasteiger partial charge in [-0.2, -0.15) is 13.5 Å². The minimum absolute atomic E-state index is 0. The lowest BCUT2D eigenvalue weighted by Gasteiger charge is -2.54. The number of thiazole rings is 1. The molecule has 0 bridgehead atoms. The Morgan fingerprint density at radius 1 is 1.05 bits per heavy atom. The van der Waals surface area contributed by atoms with Gasteiger partial charge in [-0.15, -0.1) is 17.9 Å². The number of fused-ring (bicyclic) bond motifs is 2. The van der Waals surface area contributed by atoms with Crippen molar-refractivity contribution in [2.75, 3.05) is 6.54 Å². The van der Waals surface area contributed by atoms with Crippen LogP contribution in [0.4, 0.5) is 4.79 Å². The van der Waals surface area contributed by atoms with Gasteiger partial charge >= 0.3 is 6.03 Å². The number of piperazine rings is 1. The average Bonchev–Trinajstić information content (AvgIpc) is 3.50. The third kappa shape index (κ3) is 6.29. The van der Waals surface area contributed by atoms with Crippen LogP contribution in [-0.4, -0.2) is 67.4 Å². The van der Waals surface area contributed by atoms with E-state index >= 15 is 0 Å². The second kappa shape index (κ2) is 13.5. The Kier molecular flexibility index (Phi) is 9.55. The number of hydrogen-bond acceptors (Lipinski definition) is 6. The maximum Gasteiger partial charge on any atom is 0.319 e. The number of hydrogen-bond donors (Lipinski definition) is 2. The van der Waals surface area contributed by atoms with Gasteiger partial charge in [-0.3, -0.25) is 14.5 Å². The summed E-state index contributed by atoms with van der Waals surface area (Å²) in [7, 11) is 0. The molecule has 3 heterocycles.